The van der Waals surface area contributed by atoms with Crippen molar-refractivity contribution < 1.29 is 38.5 Å². The second kappa shape index (κ2) is 14.3. The second-order valence-corrected chi connectivity index (χ2v) is 13.3. The van der Waals surface area contributed by atoms with Crippen molar-refractivity contribution in [3.63, 3.8) is 0 Å². The molecule has 11 heteroatoms. The van der Waals surface area contributed by atoms with Crippen LogP contribution in [-0.2, 0) is 33.4 Å². The predicted octanol–water partition coefficient (Wildman–Crippen LogP) is 3.32. The number of para-hydroxylation sites is 1. The molecule has 0 bridgehead atoms. The van der Waals surface area contributed by atoms with E-state index in [1.54, 1.807) is 23.1 Å². The molecule has 4 heterocycles. The van der Waals surface area contributed by atoms with Gasteiger partial charge in [0.15, 0.2) is 0 Å². The molecule has 1 spiro atoms. The molecule has 0 radical (unpaired) electrons. The number of nitrogens with one attached hydrogen (secondary N) is 1. The molecule has 0 aliphatic carbocycles. The Morgan fingerprint density at radius 1 is 1.02 bits per heavy atom. The van der Waals surface area contributed by atoms with Crippen LogP contribution < -0.4 is 10.2 Å². The van der Waals surface area contributed by atoms with Crippen LogP contribution in [-0.4, -0.2) is 90.4 Å². The van der Waals surface area contributed by atoms with Crippen LogP contribution in [0.15, 0.2) is 72.8 Å². The molecule has 4 aliphatic rings. The molecule has 8 atom stereocenters. The number of likely N-dealkylation sites (tertiary alicyclic amines) is 1. The molecule has 3 amide bonds. The Morgan fingerprint density at radius 3 is 2.43 bits per heavy atom. The summed E-state index contributed by atoms with van der Waals surface area (Å²) in [6.45, 7) is 5.66. The van der Waals surface area contributed by atoms with E-state index in [0.29, 0.717) is 18.4 Å². The van der Waals surface area contributed by atoms with Crippen LogP contribution in [0.25, 0.3) is 0 Å². The van der Waals surface area contributed by atoms with Crippen LogP contribution in [0, 0.1) is 25.7 Å². The van der Waals surface area contributed by atoms with Crippen molar-refractivity contribution in [3.05, 3.63) is 89.5 Å². The number of amides is 3. The number of carbonyl (C=O) groups is 4. The van der Waals surface area contributed by atoms with E-state index >= 15 is 0 Å². The highest BCUT2D eigenvalue weighted by Gasteiger charge is 2.72. The van der Waals surface area contributed by atoms with Crippen LogP contribution in [0.5, 0.6) is 0 Å². The van der Waals surface area contributed by atoms with E-state index in [2.05, 4.69) is 5.32 Å². The summed E-state index contributed by atoms with van der Waals surface area (Å²) >= 11 is 0. The van der Waals surface area contributed by atoms with Gasteiger partial charge in [-0.15, -0.1) is 0 Å². The minimum Gasteiger partial charge on any atom is -0.455 e. The maximum absolute atomic E-state index is 14.9. The summed E-state index contributed by atoms with van der Waals surface area (Å²) in [6, 6.07) is 12.3. The van der Waals surface area contributed by atoms with Crippen LogP contribution in [0.3, 0.4) is 0 Å². The van der Waals surface area contributed by atoms with E-state index in [4.69, 9.17) is 14.2 Å². The summed E-state index contributed by atoms with van der Waals surface area (Å²) in [5.74, 6) is -3.96. The van der Waals surface area contributed by atoms with Gasteiger partial charge in [0.05, 0.1) is 37.3 Å². The Bertz CT molecular complexity index is 1620. The highest BCUT2D eigenvalue weighted by Crippen LogP contribution is 2.54. The van der Waals surface area contributed by atoms with Gasteiger partial charge in [-0.3, -0.25) is 19.2 Å². The topological polar surface area (TPSA) is 135 Å². The van der Waals surface area contributed by atoms with Gasteiger partial charge >= 0.3 is 5.97 Å². The Hall–Kier alpha value is -4.32. The summed E-state index contributed by atoms with van der Waals surface area (Å²) in [4.78, 5) is 60.4. The molecule has 6 rings (SSSR count). The number of nitrogens with zero attached hydrogens (tertiary/aromatic N) is 2. The van der Waals surface area contributed by atoms with E-state index in [9.17, 15) is 24.3 Å². The van der Waals surface area contributed by atoms with Crippen LogP contribution in [0.4, 0.5) is 5.69 Å². The first kappa shape index (κ1) is 34.5. The van der Waals surface area contributed by atoms with Gasteiger partial charge < -0.3 is 34.4 Å². The quantitative estimate of drug-likeness (QED) is 0.338. The van der Waals surface area contributed by atoms with E-state index in [1.807, 2.05) is 75.4 Å². The Kier molecular flexibility index (Phi) is 10.1. The van der Waals surface area contributed by atoms with Gasteiger partial charge in [0.2, 0.25) is 11.8 Å². The molecule has 2 fully saturated rings. The number of methoxy groups -OCH3 is 1. The number of hydrogen-bond acceptors (Lipinski definition) is 8. The average Bonchev–Trinajstić information content (AvgIpc) is 3.48. The van der Waals surface area contributed by atoms with Gasteiger partial charge in [0, 0.05) is 25.8 Å². The number of aliphatic hydroxyl groups is 1. The fourth-order valence-electron chi connectivity index (χ4n) is 8.07. The van der Waals surface area contributed by atoms with Crippen molar-refractivity contribution in [2.45, 2.75) is 76.0 Å². The molecule has 0 aromatic heterocycles. The summed E-state index contributed by atoms with van der Waals surface area (Å²) < 4.78 is 18.6. The number of aliphatic hydroxyl groups excluding tert-OH is 1. The first-order valence-corrected chi connectivity index (χ1v) is 17.0. The largest absolute Gasteiger partial charge is 0.455 e. The maximum Gasteiger partial charge on any atom is 0.313 e. The number of fused-ring (bicyclic) bond motifs is 2. The molecule has 2 N–H and O–H groups in total. The predicted molar refractivity (Wildman–Crippen MR) is 181 cm³/mol. The van der Waals surface area contributed by atoms with Crippen molar-refractivity contribution in [2.75, 3.05) is 31.8 Å². The van der Waals surface area contributed by atoms with E-state index < -0.39 is 59.6 Å². The van der Waals surface area contributed by atoms with Crippen LogP contribution in [0.2, 0.25) is 0 Å². The number of carbonyl (C=O) groups excluding carboxylic acids is 4. The van der Waals surface area contributed by atoms with Crippen molar-refractivity contribution >= 4 is 29.4 Å². The number of rotatable bonds is 7. The highest BCUT2D eigenvalue weighted by molar-refractivity contribution is 6.06. The summed E-state index contributed by atoms with van der Waals surface area (Å²) in [5, 5.41) is 13.5. The van der Waals surface area contributed by atoms with Crippen LogP contribution in [0.1, 0.15) is 49.0 Å². The second-order valence-electron chi connectivity index (χ2n) is 13.3. The third-order valence-corrected chi connectivity index (χ3v) is 10.3. The number of ether oxygens (including phenoxy) is 3. The number of aryl methyl sites for hydroxylation is 2. The van der Waals surface area contributed by atoms with Gasteiger partial charge in [-0.2, -0.15) is 0 Å². The van der Waals surface area contributed by atoms with Gasteiger partial charge in [-0.25, -0.2) is 0 Å². The van der Waals surface area contributed by atoms with Crippen molar-refractivity contribution in [1.82, 2.24) is 10.2 Å². The van der Waals surface area contributed by atoms with Crippen molar-refractivity contribution in [2.24, 2.45) is 11.8 Å². The lowest BCUT2D eigenvalue weighted by molar-refractivity contribution is -0.162. The van der Waals surface area contributed by atoms with Gasteiger partial charge in [0.1, 0.15) is 23.7 Å². The minimum absolute atomic E-state index is 0.0707. The van der Waals surface area contributed by atoms with Crippen LogP contribution >= 0.6 is 0 Å². The third-order valence-electron chi connectivity index (χ3n) is 10.3. The van der Waals surface area contributed by atoms with Crippen molar-refractivity contribution in [3.8, 4) is 0 Å². The monoisotopic (exact) mass is 671 g/mol. The zero-order valence-corrected chi connectivity index (χ0v) is 28.4. The molecule has 11 nitrogen and oxygen atoms in total. The molecule has 0 unspecified atom stereocenters. The number of hydrogen-bond donors (Lipinski definition) is 2. The number of esters is 1. The molecule has 2 saturated heterocycles. The number of benzene rings is 2. The van der Waals surface area contributed by atoms with E-state index in [-0.39, 0.29) is 38.0 Å². The Labute approximate surface area is 286 Å². The fourth-order valence-corrected chi connectivity index (χ4v) is 8.07. The highest BCUT2D eigenvalue weighted by atomic mass is 16.6. The summed E-state index contributed by atoms with van der Waals surface area (Å²) in [5.41, 5.74) is 1.68. The lowest BCUT2D eigenvalue weighted by Gasteiger charge is -2.38. The third kappa shape index (κ3) is 6.08. The molecule has 0 saturated carbocycles. The fraction of sp³-hybridized carbons (Fsp3) is 0.474. The van der Waals surface area contributed by atoms with Crippen molar-refractivity contribution in [1.29, 1.82) is 0 Å². The van der Waals surface area contributed by atoms with E-state index in [1.165, 1.54) is 12.0 Å². The molecule has 4 aliphatic heterocycles. The van der Waals surface area contributed by atoms with Gasteiger partial charge in [-0.1, -0.05) is 79.8 Å². The zero-order chi connectivity index (χ0) is 34.9. The minimum atomic E-state index is -1.52. The SMILES string of the molecule is CC[C@@H](CO)N1C(=O)[C@@H]2[C@H]3C(=O)O[C@H](c4ccccc4)[C@@H](COC)NC(=O)CC/C=C\[C@H]3O[C@@]23C=CCN(c2c(C)cccc2C)C(=O)[C@@H]13. The maximum atomic E-state index is 14.9. The first-order valence-electron chi connectivity index (χ1n) is 17.0. The molecular formula is C38H45N3O8. The standard InChI is InChI=1S/C38H45N3O8/c1-5-26(21-42)41-34-36(45)40(32-23(2)13-11-14-24(32)3)20-12-19-38(34)31(35(41)44)30-28(49-38)17-9-10-18-29(43)39-27(22-47-4)33(48-37(30)46)25-15-7-6-8-16-25/h6-9,11-17,19,26-28,30-31,33-34,42H,5,10,18,20-22H2,1-4H3,(H,39,43)/b17-9-/t26-,27+,28+,30-,31-,33+,34+,38-/m0/s1. The smallest absolute Gasteiger partial charge is 0.313 e. The van der Waals surface area contributed by atoms with E-state index in [0.717, 1.165) is 16.8 Å². The van der Waals surface area contributed by atoms with Gasteiger partial charge in [-0.05, 0) is 43.4 Å². The first-order chi connectivity index (χ1) is 23.7. The molecule has 260 valence electrons. The Morgan fingerprint density at radius 2 is 1.76 bits per heavy atom. The summed E-state index contributed by atoms with van der Waals surface area (Å²) in [6.07, 6.45) is 6.15. The summed E-state index contributed by atoms with van der Waals surface area (Å²) in [7, 11) is 1.51. The number of allylic oxidation sites excluding steroid dienone is 1. The zero-order valence-electron chi connectivity index (χ0n) is 28.4. The lowest BCUT2D eigenvalue weighted by atomic mass is 9.77. The number of cyclic esters (lactones) is 1. The molecule has 2 aromatic carbocycles. The van der Waals surface area contributed by atoms with Gasteiger partial charge in [0.25, 0.3) is 5.91 Å². The normalized spacial score (nSPS) is 31.4. The number of anilines is 1. The molecule has 49 heavy (non-hydrogen) atoms. The average molecular weight is 672 g/mol. The molecule has 2 aromatic rings. The lowest BCUT2D eigenvalue weighted by Crippen LogP contribution is -2.58. The molecular weight excluding hydrogens is 626 g/mol. The Balaban J connectivity index is 1.48.